The van der Waals surface area contributed by atoms with E-state index in [-0.39, 0.29) is 18.5 Å². The zero-order valence-corrected chi connectivity index (χ0v) is 14.1. The molecule has 0 spiro atoms. The van der Waals surface area contributed by atoms with Crippen LogP contribution < -0.4 is 10.6 Å². The summed E-state index contributed by atoms with van der Waals surface area (Å²) in [7, 11) is 0. The molecular formula is C20H19N3O3. The number of benzene rings is 2. The Morgan fingerprint density at radius 3 is 2.46 bits per heavy atom. The molecule has 2 aromatic rings. The Kier molecular flexibility index (Phi) is 4.16. The van der Waals surface area contributed by atoms with Crippen LogP contribution in [0, 0.1) is 0 Å². The van der Waals surface area contributed by atoms with Gasteiger partial charge in [-0.15, -0.1) is 0 Å². The molecule has 0 bridgehead atoms. The maximum absolute atomic E-state index is 13.2. The lowest BCUT2D eigenvalue weighted by molar-refractivity contribution is -0.133. The average molecular weight is 349 g/mol. The van der Waals surface area contributed by atoms with E-state index in [2.05, 4.69) is 10.6 Å². The SMILES string of the molecule is O=C1Nc2ccccc2C(=O)N(Cc2ccccc2)C1C(=O)NC1CC1. The molecule has 0 radical (unpaired) electrons. The van der Waals surface area contributed by atoms with E-state index in [1.54, 1.807) is 24.3 Å². The second-order valence-electron chi connectivity index (χ2n) is 6.64. The molecule has 1 atom stereocenters. The number of nitrogens with zero attached hydrogens (tertiary/aromatic N) is 1. The number of anilines is 1. The number of carbonyl (C=O) groups excluding carboxylic acids is 3. The van der Waals surface area contributed by atoms with Crippen molar-refractivity contribution in [1.82, 2.24) is 10.2 Å². The molecule has 2 N–H and O–H groups in total. The highest BCUT2D eigenvalue weighted by Gasteiger charge is 2.41. The molecule has 1 fully saturated rings. The maximum Gasteiger partial charge on any atom is 0.257 e. The third-order valence-corrected chi connectivity index (χ3v) is 4.60. The molecule has 2 aromatic carbocycles. The molecule has 6 heteroatoms. The summed E-state index contributed by atoms with van der Waals surface area (Å²) < 4.78 is 0. The third kappa shape index (κ3) is 3.18. The third-order valence-electron chi connectivity index (χ3n) is 4.60. The minimum atomic E-state index is -1.20. The number of nitrogens with one attached hydrogen (secondary N) is 2. The lowest BCUT2D eigenvalue weighted by Crippen LogP contribution is -2.54. The normalized spacial score (nSPS) is 19.4. The predicted molar refractivity (Wildman–Crippen MR) is 96.3 cm³/mol. The van der Waals surface area contributed by atoms with Crippen LogP contribution in [0.1, 0.15) is 28.8 Å². The van der Waals surface area contributed by atoms with E-state index in [4.69, 9.17) is 0 Å². The molecule has 26 heavy (non-hydrogen) atoms. The summed E-state index contributed by atoms with van der Waals surface area (Å²) in [6.07, 6.45) is 1.82. The van der Waals surface area contributed by atoms with Crippen LogP contribution in [0.5, 0.6) is 0 Å². The lowest BCUT2D eigenvalue weighted by atomic mass is 10.1. The van der Waals surface area contributed by atoms with Gasteiger partial charge in [0.05, 0.1) is 11.3 Å². The van der Waals surface area contributed by atoms with Crippen molar-refractivity contribution in [2.45, 2.75) is 31.5 Å². The first-order chi connectivity index (χ1) is 12.6. The van der Waals surface area contributed by atoms with Crippen LogP contribution in [0.15, 0.2) is 54.6 Å². The second-order valence-corrected chi connectivity index (χ2v) is 6.64. The number of fused-ring (bicyclic) bond motifs is 1. The highest BCUT2D eigenvalue weighted by Crippen LogP contribution is 2.26. The number of hydrogen-bond acceptors (Lipinski definition) is 3. The van der Waals surface area contributed by atoms with Crippen molar-refractivity contribution < 1.29 is 14.4 Å². The summed E-state index contributed by atoms with van der Waals surface area (Å²) in [4.78, 5) is 40.1. The fourth-order valence-electron chi connectivity index (χ4n) is 3.10. The molecule has 0 aromatic heterocycles. The molecule has 1 saturated carbocycles. The van der Waals surface area contributed by atoms with Crippen molar-refractivity contribution in [3.63, 3.8) is 0 Å². The van der Waals surface area contributed by atoms with E-state index in [0.717, 1.165) is 18.4 Å². The highest BCUT2D eigenvalue weighted by molar-refractivity contribution is 6.17. The molecule has 132 valence electrons. The van der Waals surface area contributed by atoms with Crippen LogP contribution in [0.4, 0.5) is 5.69 Å². The highest BCUT2D eigenvalue weighted by atomic mass is 16.2. The Balaban J connectivity index is 1.72. The molecule has 1 aliphatic heterocycles. The van der Waals surface area contributed by atoms with Gasteiger partial charge in [0.2, 0.25) is 0 Å². The van der Waals surface area contributed by atoms with E-state index >= 15 is 0 Å². The standard InChI is InChI=1S/C20H19N3O3/c24-18(21-14-10-11-14)17-19(25)22-16-9-5-4-8-15(16)20(26)23(17)12-13-6-2-1-3-7-13/h1-9,14,17H,10-12H2,(H,21,24)(H,22,25). The fraction of sp³-hybridized carbons (Fsp3) is 0.250. The molecule has 2 aliphatic rings. The van der Waals surface area contributed by atoms with Crippen molar-refractivity contribution in [1.29, 1.82) is 0 Å². The van der Waals surface area contributed by atoms with Crippen LogP contribution in [0.2, 0.25) is 0 Å². The van der Waals surface area contributed by atoms with Crippen molar-refractivity contribution in [3.05, 3.63) is 65.7 Å². The van der Waals surface area contributed by atoms with Crippen molar-refractivity contribution >= 4 is 23.4 Å². The van der Waals surface area contributed by atoms with Gasteiger partial charge in [-0.1, -0.05) is 42.5 Å². The quantitative estimate of drug-likeness (QED) is 0.828. The molecule has 1 unspecified atom stereocenters. The monoisotopic (exact) mass is 349 g/mol. The summed E-state index contributed by atoms with van der Waals surface area (Å²) in [5, 5.41) is 5.58. The summed E-state index contributed by atoms with van der Waals surface area (Å²) in [5.41, 5.74) is 1.68. The lowest BCUT2D eigenvalue weighted by Gasteiger charge is -2.28. The van der Waals surface area contributed by atoms with E-state index in [9.17, 15) is 14.4 Å². The van der Waals surface area contributed by atoms with E-state index in [1.807, 2.05) is 30.3 Å². The van der Waals surface area contributed by atoms with Gasteiger partial charge in [0.1, 0.15) is 0 Å². The summed E-state index contributed by atoms with van der Waals surface area (Å²) in [5.74, 6) is -1.25. The van der Waals surface area contributed by atoms with Gasteiger partial charge in [0.15, 0.2) is 6.04 Å². The van der Waals surface area contributed by atoms with Crippen LogP contribution in [-0.4, -0.2) is 34.7 Å². The fourth-order valence-corrected chi connectivity index (χ4v) is 3.10. The van der Waals surface area contributed by atoms with Gasteiger partial charge in [-0.05, 0) is 30.5 Å². The molecule has 3 amide bonds. The van der Waals surface area contributed by atoms with Gasteiger partial charge in [-0.2, -0.15) is 0 Å². The molecule has 1 heterocycles. The van der Waals surface area contributed by atoms with E-state index in [1.165, 1.54) is 4.90 Å². The molecule has 6 nitrogen and oxygen atoms in total. The zero-order chi connectivity index (χ0) is 18.1. The van der Waals surface area contributed by atoms with Gasteiger partial charge < -0.3 is 15.5 Å². The first-order valence-corrected chi connectivity index (χ1v) is 8.68. The van der Waals surface area contributed by atoms with Crippen LogP contribution in [0.25, 0.3) is 0 Å². The van der Waals surface area contributed by atoms with Crippen molar-refractivity contribution in [3.8, 4) is 0 Å². The number of carbonyl (C=O) groups is 3. The largest absolute Gasteiger partial charge is 0.351 e. The minimum Gasteiger partial charge on any atom is -0.351 e. The number of para-hydroxylation sites is 1. The maximum atomic E-state index is 13.2. The summed E-state index contributed by atoms with van der Waals surface area (Å²) in [6.45, 7) is 0.185. The predicted octanol–water partition coefficient (Wildman–Crippen LogP) is 1.93. The van der Waals surface area contributed by atoms with Gasteiger partial charge in [-0.25, -0.2) is 0 Å². The first kappa shape index (κ1) is 16.3. The number of amides is 3. The Hall–Kier alpha value is -3.15. The number of hydrogen-bond donors (Lipinski definition) is 2. The minimum absolute atomic E-state index is 0.106. The Morgan fingerprint density at radius 1 is 1.04 bits per heavy atom. The van der Waals surface area contributed by atoms with Crippen molar-refractivity contribution in [2.24, 2.45) is 0 Å². The summed E-state index contributed by atoms with van der Waals surface area (Å²) >= 11 is 0. The van der Waals surface area contributed by atoms with Crippen LogP contribution >= 0.6 is 0 Å². The van der Waals surface area contributed by atoms with E-state index < -0.39 is 17.9 Å². The Labute approximate surface area is 151 Å². The van der Waals surface area contributed by atoms with Gasteiger partial charge in [0.25, 0.3) is 17.7 Å². The Morgan fingerprint density at radius 2 is 1.73 bits per heavy atom. The summed E-state index contributed by atoms with van der Waals surface area (Å²) in [6, 6.07) is 15.1. The van der Waals surface area contributed by atoms with Gasteiger partial charge >= 0.3 is 0 Å². The molecular weight excluding hydrogens is 330 g/mol. The van der Waals surface area contributed by atoms with Gasteiger partial charge in [0, 0.05) is 12.6 Å². The van der Waals surface area contributed by atoms with Crippen molar-refractivity contribution in [2.75, 3.05) is 5.32 Å². The van der Waals surface area contributed by atoms with Crippen LogP contribution in [-0.2, 0) is 16.1 Å². The van der Waals surface area contributed by atoms with E-state index in [0.29, 0.717) is 11.3 Å². The molecule has 0 saturated heterocycles. The average Bonchev–Trinajstić information content (AvgIpc) is 3.46. The molecule has 1 aliphatic carbocycles. The molecule has 4 rings (SSSR count). The topological polar surface area (TPSA) is 78.5 Å². The first-order valence-electron chi connectivity index (χ1n) is 8.68. The Bertz CT molecular complexity index is 862. The van der Waals surface area contributed by atoms with Gasteiger partial charge in [-0.3, -0.25) is 14.4 Å². The second kappa shape index (κ2) is 6.63. The number of rotatable bonds is 4. The zero-order valence-electron chi connectivity index (χ0n) is 14.1. The van der Waals surface area contributed by atoms with Crippen LogP contribution in [0.3, 0.4) is 0 Å². The smallest absolute Gasteiger partial charge is 0.257 e.